The molecule has 2 aliphatic rings. The second kappa shape index (κ2) is 6.83. The largest absolute Gasteiger partial charge is 0.486 e. The van der Waals surface area contributed by atoms with Gasteiger partial charge >= 0.3 is 0 Å². The SMILES string of the molecule is O[C@@H](CN1CCC[C@@H]1c1ccc2c(c1)OCCO2)Cn1cccn1. The van der Waals surface area contributed by atoms with E-state index in [0.29, 0.717) is 32.3 Å². The number of likely N-dealkylation sites (tertiary alicyclic amines) is 1. The third kappa shape index (κ3) is 3.25. The van der Waals surface area contributed by atoms with Gasteiger partial charge in [0.05, 0.1) is 12.6 Å². The Morgan fingerprint density at radius 1 is 1.21 bits per heavy atom. The van der Waals surface area contributed by atoms with Gasteiger partial charge < -0.3 is 14.6 Å². The fraction of sp³-hybridized carbons (Fsp3) is 0.500. The summed E-state index contributed by atoms with van der Waals surface area (Å²) in [6.45, 7) is 3.40. The molecule has 0 amide bonds. The summed E-state index contributed by atoms with van der Waals surface area (Å²) in [7, 11) is 0. The predicted octanol–water partition coefficient (Wildman–Crippen LogP) is 1.85. The minimum absolute atomic E-state index is 0.327. The number of ether oxygens (including phenoxy) is 2. The maximum absolute atomic E-state index is 10.4. The van der Waals surface area contributed by atoms with E-state index in [9.17, 15) is 5.11 Å². The van der Waals surface area contributed by atoms with Crippen molar-refractivity contribution < 1.29 is 14.6 Å². The van der Waals surface area contributed by atoms with Gasteiger partial charge in [-0.05, 0) is 43.1 Å². The number of β-amino-alcohol motifs (C(OH)–C–C–N with tert-alkyl or cyclic N) is 1. The lowest BCUT2D eigenvalue weighted by Crippen LogP contribution is -2.34. The summed E-state index contributed by atoms with van der Waals surface area (Å²) in [6, 6.07) is 8.42. The van der Waals surface area contributed by atoms with Crippen molar-refractivity contribution in [3.63, 3.8) is 0 Å². The van der Waals surface area contributed by atoms with Crippen LogP contribution in [0.5, 0.6) is 11.5 Å². The summed E-state index contributed by atoms with van der Waals surface area (Å²) in [5.41, 5.74) is 1.24. The Labute approximate surface area is 141 Å². The highest BCUT2D eigenvalue weighted by Crippen LogP contribution is 2.38. The molecule has 6 nitrogen and oxygen atoms in total. The van der Waals surface area contributed by atoms with E-state index in [1.165, 1.54) is 5.56 Å². The topological polar surface area (TPSA) is 59.8 Å². The zero-order valence-electron chi connectivity index (χ0n) is 13.7. The molecule has 1 N–H and O–H groups in total. The molecular formula is C18H23N3O3. The second-order valence-electron chi connectivity index (χ2n) is 6.44. The van der Waals surface area contributed by atoms with Crippen molar-refractivity contribution in [3.05, 3.63) is 42.2 Å². The highest BCUT2D eigenvalue weighted by atomic mass is 16.6. The molecular weight excluding hydrogens is 306 g/mol. The molecule has 1 aromatic heterocycles. The van der Waals surface area contributed by atoms with E-state index in [1.807, 2.05) is 18.3 Å². The summed E-state index contributed by atoms with van der Waals surface area (Å²) in [4.78, 5) is 2.36. The van der Waals surface area contributed by atoms with Crippen LogP contribution >= 0.6 is 0 Å². The predicted molar refractivity (Wildman–Crippen MR) is 89.2 cm³/mol. The lowest BCUT2D eigenvalue weighted by atomic mass is 10.0. The lowest BCUT2D eigenvalue weighted by molar-refractivity contribution is 0.0889. The van der Waals surface area contributed by atoms with Crippen molar-refractivity contribution >= 4 is 0 Å². The van der Waals surface area contributed by atoms with Crippen molar-refractivity contribution in [1.29, 1.82) is 0 Å². The van der Waals surface area contributed by atoms with Gasteiger partial charge in [0.1, 0.15) is 13.2 Å². The van der Waals surface area contributed by atoms with E-state index in [4.69, 9.17) is 9.47 Å². The van der Waals surface area contributed by atoms with Gasteiger partial charge in [0.2, 0.25) is 0 Å². The molecule has 128 valence electrons. The Morgan fingerprint density at radius 3 is 2.92 bits per heavy atom. The first-order valence-electron chi connectivity index (χ1n) is 8.59. The maximum Gasteiger partial charge on any atom is 0.161 e. The molecule has 0 aliphatic carbocycles. The number of aromatic nitrogens is 2. The molecule has 0 spiro atoms. The number of hydrogen-bond donors (Lipinski definition) is 1. The molecule has 2 atom stereocenters. The number of rotatable bonds is 5. The van der Waals surface area contributed by atoms with E-state index < -0.39 is 6.10 Å². The smallest absolute Gasteiger partial charge is 0.161 e. The first kappa shape index (κ1) is 15.5. The fourth-order valence-electron chi connectivity index (χ4n) is 3.64. The monoisotopic (exact) mass is 329 g/mol. The van der Waals surface area contributed by atoms with Crippen LogP contribution in [0.1, 0.15) is 24.4 Å². The molecule has 0 bridgehead atoms. The molecule has 1 saturated heterocycles. The quantitative estimate of drug-likeness (QED) is 0.907. The molecule has 2 aliphatic heterocycles. The Kier molecular flexibility index (Phi) is 4.40. The minimum atomic E-state index is -0.428. The first-order valence-corrected chi connectivity index (χ1v) is 8.59. The molecule has 1 aromatic carbocycles. The minimum Gasteiger partial charge on any atom is -0.486 e. The number of nitrogens with zero attached hydrogens (tertiary/aromatic N) is 3. The van der Waals surface area contributed by atoms with Crippen LogP contribution in [0.2, 0.25) is 0 Å². The lowest BCUT2D eigenvalue weighted by Gasteiger charge is -2.28. The number of aliphatic hydroxyl groups excluding tert-OH is 1. The third-order valence-corrected chi connectivity index (χ3v) is 4.72. The zero-order valence-corrected chi connectivity index (χ0v) is 13.7. The van der Waals surface area contributed by atoms with E-state index >= 15 is 0 Å². The standard InChI is InChI=1S/C18H23N3O3/c22-15(13-21-8-2-6-19-21)12-20-7-1-3-16(20)14-4-5-17-18(11-14)24-10-9-23-17/h2,4-6,8,11,15-16,22H,1,3,7,9-10,12-13H2/t15-,16+/m0/s1. The van der Waals surface area contributed by atoms with Crippen LogP contribution in [0, 0.1) is 0 Å². The molecule has 1 fully saturated rings. The average Bonchev–Trinajstić information content (AvgIpc) is 3.26. The number of benzene rings is 1. The van der Waals surface area contributed by atoms with Crippen LogP contribution in [-0.4, -0.2) is 52.2 Å². The van der Waals surface area contributed by atoms with Crippen molar-refractivity contribution in [2.75, 3.05) is 26.3 Å². The Hall–Kier alpha value is -2.05. The molecule has 4 rings (SSSR count). The summed E-state index contributed by atoms with van der Waals surface area (Å²) in [6.07, 6.45) is 5.44. The summed E-state index contributed by atoms with van der Waals surface area (Å²) in [5, 5.41) is 14.6. The van der Waals surface area contributed by atoms with Crippen LogP contribution in [0.25, 0.3) is 0 Å². The van der Waals surface area contributed by atoms with Crippen molar-refractivity contribution in [2.45, 2.75) is 31.5 Å². The Balaban J connectivity index is 1.44. The summed E-state index contributed by atoms with van der Waals surface area (Å²) >= 11 is 0. The van der Waals surface area contributed by atoms with Crippen LogP contribution in [0.3, 0.4) is 0 Å². The third-order valence-electron chi connectivity index (χ3n) is 4.72. The van der Waals surface area contributed by atoms with E-state index in [2.05, 4.69) is 22.1 Å². The van der Waals surface area contributed by atoms with Gasteiger partial charge in [-0.3, -0.25) is 9.58 Å². The van der Waals surface area contributed by atoms with Crippen molar-refractivity contribution in [1.82, 2.24) is 14.7 Å². The number of aliphatic hydroxyl groups is 1. The van der Waals surface area contributed by atoms with Gasteiger partial charge in [-0.1, -0.05) is 6.07 Å². The highest BCUT2D eigenvalue weighted by molar-refractivity contribution is 5.44. The van der Waals surface area contributed by atoms with E-state index in [-0.39, 0.29) is 0 Å². The highest BCUT2D eigenvalue weighted by Gasteiger charge is 2.28. The first-order chi connectivity index (χ1) is 11.8. The summed E-state index contributed by atoms with van der Waals surface area (Å²) < 4.78 is 13.1. The molecule has 2 aromatic rings. The number of hydrogen-bond acceptors (Lipinski definition) is 5. The molecule has 0 saturated carbocycles. The van der Waals surface area contributed by atoms with Gasteiger partial charge in [-0.25, -0.2) is 0 Å². The fourth-order valence-corrected chi connectivity index (χ4v) is 3.64. The number of fused-ring (bicyclic) bond motifs is 1. The molecule has 24 heavy (non-hydrogen) atoms. The average molecular weight is 329 g/mol. The van der Waals surface area contributed by atoms with Gasteiger partial charge in [0.25, 0.3) is 0 Å². The van der Waals surface area contributed by atoms with Gasteiger partial charge in [-0.2, -0.15) is 5.10 Å². The Morgan fingerprint density at radius 2 is 2.08 bits per heavy atom. The van der Waals surface area contributed by atoms with Gasteiger partial charge in [-0.15, -0.1) is 0 Å². The van der Waals surface area contributed by atoms with Crippen LogP contribution in [0.4, 0.5) is 0 Å². The van der Waals surface area contributed by atoms with Crippen LogP contribution < -0.4 is 9.47 Å². The maximum atomic E-state index is 10.4. The molecule has 6 heteroatoms. The van der Waals surface area contributed by atoms with Crippen LogP contribution in [0.15, 0.2) is 36.7 Å². The van der Waals surface area contributed by atoms with Crippen molar-refractivity contribution in [2.24, 2.45) is 0 Å². The van der Waals surface area contributed by atoms with E-state index in [0.717, 1.165) is 30.9 Å². The van der Waals surface area contributed by atoms with Gasteiger partial charge in [0, 0.05) is 25.0 Å². The second-order valence-corrected chi connectivity index (χ2v) is 6.44. The van der Waals surface area contributed by atoms with Gasteiger partial charge in [0.15, 0.2) is 11.5 Å². The molecule has 0 radical (unpaired) electrons. The normalized spacial score (nSPS) is 21.8. The Bertz CT molecular complexity index is 674. The van der Waals surface area contributed by atoms with Crippen molar-refractivity contribution in [3.8, 4) is 11.5 Å². The van der Waals surface area contributed by atoms with Crippen LogP contribution in [-0.2, 0) is 6.54 Å². The molecule has 0 unspecified atom stereocenters. The zero-order chi connectivity index (χ0) is 16.4. The summed E-state index contributed by atoms with van der Waals surface area (Å²) in [5.74, 6) is 1.66. The van der Waals surface area contributed by atoms with E-state index in [1.54, 1.807) is 10.9 Å². The molecule has 3 heterocycles.